The van der Waals surface area contributed by atoms with Gasteiger partial charge < -0.3 is 9.80 Å². The molecule has 2 fully saturated rings. The molecule has 4 aromatic rings. The van der Waals surface area contributed by atoms with Crippen molar-refractivity contribution in [2.75, 3.05) is 26.2 Å². The number of pyridine rings is 1. The Morgan fingerprint density at radius 2 is 1.57 bits per heavy atom. The van der Waals surface area contributed by atoms with Gasteiger partial charge >= 0.3 is 0 Å². The Balaban J connectivity index is 1.01. The number of hydrogen-bond acceptors (Lipinski definition) is 5. The highest BCUT2D eigenvalue weighted by atomic mass is 16.2. The fourth-order valence-corrected chi connectivity index (χ4v) is 5.29. The number of hydrogen-bond donors (Lipinski definition) is 1. The second-order valence-electron chi connectivity index (χ2n) is 9.46. The first-order valence-electron chi connectivity index (χ1n) is 12.0. The van der Waals surface area contributed by atoms with Crippen molar-refractivity contribution in [1.82, 2.24) is 30.2 Å². The second kappa shape index (κ2) is 8.94. The molecule has 0 bridgehead atoms. The Bertz CT molecular complexity index is 1350. The number of rotatable bonds is 5. The van der Waals surface area contributed by atoms with E-state index < -0.39 is 0 Å². The lowest BCUT2D eigenvalue weighted by Gasteiger charge is -2.22. The first-order chi connectivity index (χ1) is 17.1. The molecule has 2 saturated heterocycles. The number of H-pyrrole nitrogens is 1. The molecule has 6 rings (SSSR count). The average Bonchev–Trinajstić information content (AvgIpc) is 3.62. The van der Waals surface area contributed by atoms with E-state index in [1.54, 1.807) is 12.1 Å². The molecule has 176 valence electrons. The van der Waals surface area contributed by atoms with E-state index in [9.17, 15) is 9.59 Å². The molecule has 0 saturated carbocycles. The van der Waals surface area contributed by atoms with Gasteiger partial charge in [-0.15, -0.1) is 0 Å². The fraction of sp³-hybridized carbons (Fsp3) is 0.296. The Hall–Kier alpha value is -4.07. The Morgan fingerprint density at radius 1 is 0.829 bits per heavy atom. The van der Waals surface area contributed by atoms with Gasteiger partial charge in [0.05, 0.1) is 0 Å². The summed E-state index contributed by atoms with van der Waals surface area (Å²) in [4.78, 5) is 34.3. The number of carbonyl (C=O) groups is 2. The zero-order valence-electron chi connectivity index (χ0n) is 19.3. The summed E-state index contributed by atoms with van der Waals surface area (Å²) < 4.78 is 0. The van der Waals surface area contributed by atoms with Crippen molar-refractivity contribution in [3.8, 4) is 11.1 Å². The van der Waals surface area contributed by atoms with Crippen LogP contribution in [0, 0.1) is 11.8 Å². The highest BCUT2D eigenvalue weighted by Crippen LogP contribution is 2.32. The van der Waals surface area contributed by atoms with Gasteiger partial charge in [0.1, 0.15) is 11.0 Å². The van der Waals surface area contributed by atoms with Crippen molar-refractivity contribution in [1.29, 1.82) is 0 Å². The standard InChI is InChI=1S/C27H26N6O2/c34-26(11-9-23-8-6-20(13-28-23)18-4-2-1-3-5-18)32-14-21-16-33(17-22(21)15-32)27(35)19-7-10-24-25(12-19)30-31-29-24/h1-8,10,12-13,21-22H,9,11,14-17H2,(H,29,30,31). The van der Waals surface area contributed by atoms with E-state index in [0.29, 0.717) is 48.8 Å². The van der Waals surface area contributed by atoms with Crippen LogP contribution in [-0.2, 0) is 11.2 Å². The number of aromatic amines is 1. The number of aromatic nitrogens is 4. The number of aryl methyl sites for hydroxylation is 1. The van der Waals surface area contributed by atoms with Crippen molar-refractivity contribution in [2.24, 2.45) is 11.8 Å². The number of likely N-dealkylation sites (tertiary alicyclic amines) is 2. The SMILES string of the molecule is O=C(CCc1ccc(-c2ccccc2)cn1)N1CC2CN(C(=O)c3ccc4n[nH]nc4c3)CC2C1. The number of nitrogens with zero attached hydrogens (tertiary/aromatic N) is 5. The Labute approximate surface area is 203 Å². The van der Waals surface area contributed by atoms with Crippen molar-refractivity contribution in [3.63, 3.8) is 0 Å². The monoisotopic (exact) mass is 466 g/mol. The molecule has 2 aliphatic heterocycles. The van der Waals surface area contributed by atoms with Gasteiger partial charge in [-0.1, -0.05) is 36.4 Å². The number of benzene rings is 2. The van der Waals surface area contributed by atoms with E-state index in [0.717, 1.165) is 35.4 Å². The summed E-state index contributed by atoms with van der Waals surface area (Å²) in [5.74, 6) is 0.860. The molecule has 2 unspecified atom stereocenters. The van der Waals surface area contributed by atoms with Crippen LogP contribution in [-0.4, -0.2) is 68.2 Å². The van der Waals surface area contributed by atoms with Gasteiger partial charge in [0.2, 0.25) is 5.91 Å². The van der Waals surface area contributed by atoms with Crippen molar-refractivity contribution in [2.45, 2.75) is 12.8 Å². The number of fused-ring (bicyclic) bond motifs is 2. The second-order valence-corrected chi connectivity index (χ2v) is 9.46. The first-order valence-corrected chi connectivity index (χ1v) is 12.0. The number of carbonyl (C=O) groups excluding carboxylic acids is 2. The minimum atomic E-state index is 0.0206. The number of nitrogens with one attached hydrogen (secondary N) is 1. The molecule has 8 nitrogen and oxygen atoms in total. The van der Waals surface area contributed by atoms with Crippen LogP contribution in [0.3, 0.4) is 0 Å². The minimum absolute atomic E-state index is 0.0206. The van der Waals surface area contributed by atoms with E-state index in [1.165, 1.54) is 0 Å². The van der Waals surface area contributed by atoms with Gasteiger partial charge in [0.15, 0.2) is 0 Å². The van der Waals surface area contributed by atoms with E-state index in [1.807, 2.05) is 46.3 Å². The Morgan fingerprint density at radius 3 is 2.31 bits per heavy atom. The van der Waals surface area contributed by atoms with Gasteiger partial charge in [-0.3, -0.25) is 14.6 Å². The summed E-state index contributed by atoms with van der Waals surface area (Å²) in [7, 11) is 0. The van der Waals surface area contributed by atoms with Gasteiger partial charge in [0.25, 0.3) is 5.91 Å². The fourth-order valence-electron chi connectivity index (χ4n) is 5.29. The summed E-state index contributed by atoms with van der Waals surface area (Å²) in [6.07, 6.45) is 2.97. The maximum absolute atomic E-state index is 13.0. The Kier molecular flexibility index (Phi) is 5.48. The lowest BCUT2D eigenvalue weighted by Crippen LogP contribution is -2.35. The lowest BCUT2D eigenvalue weighted by molar-refractivity contribution is -0.130. The largest absolute Gasteiger partial charge is 0.342 e. The topological polar surface area (TPSA) is 95.1 Å². The van der Waals surface area contributed by atoms with E-state index >= 15 is 0 Å². The summed E-state index contributed by atoms with van der Waals surface area (Å²) in [6, 6.07) is 19.6. The third kappa shape index (κ3) is 4.27. The zero-order chi connectivity index (χ0) is 23.8. The summed E-state index contributed by atoms with van der Waals surface area (Å²) in [6.45, 7) is 2.81. The summed E-state index contributed by atoms with van der Waals surface area (Å²) in [5.41, 5.74) is 5.21. The maximum Gasteiger partial charge on any atom is 0.253 e. The molecule has 0 spiro atoms. The molecule has 35 heavy (non-hydrogen) atoms. The van der Waals surface area contributed by atoms with Crippen LogP contribution in [0.15, 0.2) is 66.9 Å². The predicted octanol–water partition coefficient (Wildman–Crippen LogP) is 3.18. The molecule has 4 heterocycles. The number of amides is 2. The normalized spacial score (nSPS) is 19.3. The van der Waals surface area contributed by atoms with Crippen LogP contribution >= 0.6 is 0 Å². The minimum Gasteiger partial charge on any atom is -0.342 e. The van der Waals surface area contributed by atoms with Gasteiger partial charge in [0, 0.05) is 67.5 Å². The van der Waals surface area contributed by atoms with Crippen LogP contribution < -0.4 is 0 Å². The summed E-state index contributed by atoms with van der Waals surface area (Å²) >= 11 is 0. The van der Waals surface area contributed by atoms with Crippen LogP contribution in [0.2, 0.25) is 0 Å². The molecule has 2 atom stereocenters. The van der Waals surface area contributed by atoms with Crippen LogP contribution in [0.1, 0.15) is 22.5 Å². The predicted molar refractivity (Wildman–Crippen MR) is 131 cm³/mol. The molecular weight excluding hydrogens is 440 g/mol. The van der Waals surface area contributed by atoms with Crippen LogP contribution in [0.5, 0.6) is 0 Å². The summed E-state index contributed by atoms with van der Waals surface area (Å²) in [5, 5.41) is 10.7. The van der Waals surface area contributed by atoms with Crippen molar-refractivity contribution < 1.29 is 9.59 Å². The first kappa shape index (κ1) is 21.5. The van der Waals surface area contributed by atoms with Crippen molar-refractivity contribution >= 4 is 22.8 Å². The molecule has 2 amide bonds. The lowest BCUT2D eigenvalue weighted by atomic mass is 10.0. The van der Waals surface area contributed by atoms with E-state index in [4.69, 9.17) is 0 Å². The maximum atomic E-state index is 13.0. The van der Waals surface area contributed by atoms with E-state index in [2.05, 4.69) is 38.6 Å². The molecule has 2 aromatic carbocycles. The highest BCUT2D eigenvalue weighted by molar-refractivity contribution is 5.97. The molecule has 1 N–H and O–H groups in total. The molecule has 2 aromatic heterocycles. The van der Waals surface area contributed by atoms with Crippen LogP contribution in [0.25, 0.3) is 22.2 Å². The van der Waals surface area contributed by atoms with E-state index in [-0.39, 0.29) is 11.8 Å². The quantitative estimate of drug-likeness (QED) is 0.487. The zero-order valence-corrected chi connectivity index (χ0v) is 19.3. The van der Waals surface area contributed by atoms with Crippen molar-refractivity contribution in [3.05, 3.63) is 78.1 Å². The third-order valence-electron chi connectivity index (χ3n) is 7.22. The third-order valence-corrected chi connectivity index (χ3v) is 7.22. The molecular formula is C27H26N6O2. The van der Waals surface area contributed by atoms with Gasteiger partial charge in [-0.05, 0) is 36.2 Å². The van der Waals surface area contributed by atoms with Gasteiger partial charge in [-0.2, -0.15) is 15.4 Å². The molecule has 0 aliphatic carbocycles. The van der Waals surface area contributed by atoms with Crippen LogP contribution in [0.4, 0.5) is 0 Å². The average molecular weight is 467 g/mol. The van der Waals surface area contributed by atoms with Gasteiger partial charge in [-0.25, -0.2) is 0 Å². The highest BCUT2D eigenvalue weighted by Gasteiger charge is 2.43. The molecule has 8 heteroatoms. The smallest absolute Gasteiger partial charge is 0.253 e. The molecule has 2 aliphatic rings. The molecule has 0 radical (unpaired) electrons.